The first-order chi connectivity index (χ1) is 10.2. The van der Waals surface area contributed by atoms with Gasteiger partial charge in [0.2, 0.25) is 0 Å². The van der Waals surface area contributed by atoms with E-state index in [4.69, 9.17) is 4.74 Å². The van der Waals surface area contributed by atoms with Crippen molar-refractivity contribution in [3.63, 3.8) is 0 Å². The number of rotatable bonds is 2. The molecule has 0 bridgehead atoms. The number of pyridine rings is 1. The molecule has 0 aliphatic heterocycles. The Kier molecular flexibility index (Phi) is 3.28. The predicted molar refractivity (Wildman–Crippen MR) is 80.2 cm³/mol. The third-order valence-corrected chi connectivity index (χ3v) is 3.35. The Labute approximate surface area is 121 Å². The van der Waals surface area contributed by atoms with Gasteiger partial charge in [-0.15, -0.1) is 0 Å². The summed E-state index contributed by atoms with van der Waals surface area (Å²) < 4.78 is 4.78. The van der Waals surface area contributed by atoms with Crippen LogP contribution in [-0.2, 0) is 4.74 Å². The first-order valence-electron chi connectivity index (χ1n) is 6.45. The van der Waals surface area contributed by atoms with Crippen molar-refractivity contribution < 1.29 is 14.6 Å². The number of hydrogen-bond acceptors (Lipinski definition) is 4. The summed E-state index contributed by atoms with van der Waals surface area (Å²) in [6.45, 7) is 0. The monoisotopic (exact) mass is 279 g/mol. The highest BCUT2D eigenvalue weighted by Gasteiger charge is 2.11. The van der Waals surface area contributed by atoms with Gasteiger partial charge in [0.15, 0.2) is 0 Å². The molecule has 0 fully saturated rings. The molecule has 0 saturated carbocycles. The highest BCUT2D eigenvalue weighted by Crippen LogP contribution is 2.26. The molecule has 2 aromatic carbocycles. The number of aromatic hydroxyl groups is 1. The fourth-order valence-electron chi connectivity index (χ4n) is 2.27. The van der Waals surface area contributed by atoms with Gasteiger partial charge in [-0.05, 0) is 35.4 Å². The number of carbonyl (C=O) groups excluding carboxylic acids is 1. The van der Waals surface area contributed by atoms with Crippen LogP contribution in [0, 0.1) is 0 Å². The van der Waals surface area contributed by atoms with Gasteiger partial charge in [0.25, 0.3) is 0 Å². The summed E-state index contributed by atoms with van der Waals surface area (Å²) >= 11 is 0. The highest BCUT2D eigenvalue weighted by atomic mass is 16.5. The molecule has 104 valence electrons. The van der Waals surface area contributed by atoms with Crippen molar-refractivity contribution in [2.75, 3.05) is 7.11 Å². The minimum absolute atomic E-state index is 0.227. The lowest BCUT2D eigenvalue weighted by Crippen LogP contribution is -2.02. The summed E-state index contributed by atoms with van der Waals surface area (Å²) in [7, 11) is 1.36. The van der Waals surface area contributed by atoms with Crippen molar-refractivity contribution in [2.45, 2.75) is 0 Å². The van der Waals surface area contributed by atoms with Gasteiger partial charge in [0.05, 0.1) is 18.2 Å². The topological polar surface area (TPSA) is 59.4 Å². The molecular formula is C17H13NO3. The zero-order chi connectivity index (χ0) is 14.8. The third-order valence-electron chi connectivity index (χ3n) is 3.35. The van der Waals surface area contributed by atoms with Crippen molar-refractivity contribution in [2.24, 2.45) is 0 Å². The van der Waals surface area contributed by atoms with E-state index >= 15 is 0 Å². The number of phenolic OH excluding ortho intramolecular Hbond substituents is 1. The van der Waals surface area contributed by atoms with Crippen LogP contribution in [0.5, 0.6) is 5.75 Å². The van der Waals surface area contributed by atoms with E-state index in [1.165, 1.54) is 7.11 Å². The fourth-order valence-corrected chi connectivity index (χ4v) is 2.27. The van der Waals surface area contributed by atoms with Gasteiger partial charge in [-0.3, -0.25) is 4.98 Å². The number of aromatic nitrogens is 1. The van der Waals surface area contributed by atoms with E-state index in [2.05, 4.69) is 4.98 Å². The number of carbonyl (C=O) groups is 1. The van der Waals surface area contributed by atoms with E-state index in [1.54, 1.807) is 24.4 Å². The summed E-state index contributed by atoms with van der Waals surface area (Å²) in [5.41, 5.74) is 3.17. The second kappa shape index (κ2) is 5.25. The summed E-state index contributed by atoms with van der Waals surface area (Å²) in [5.74, 6) is -0.148. The van der Waals surface area contributed by atoms with Crippen LogP contribution in [0.25, 0.3) is 22.0 Å². The number of hydrogen-bond donors (Lipinski definition) is 1. The molecule has 4 heteroatoms. The van der Waals surface area contributed by atoms with Crippen LogP contribution in [-0.4, -0.2) is 23.2 Å². The zero-order valence-corrected chi connectivity index (χ0v) is 11.4. The van der Waals surface area contributed by atoms with Gasteiger partial charge in [0.1, 0.15) is 5.75 Å². The van der Waals surface area contributed by atoms with E-state index in [-0.39, 0.29) is 11.7 Å². The van der Waals surface area contributed by atoms with Crippen molar-refractivity contribution >= 4 is 16.9 Å². The quantitative estimate of drug-likeness (QED) is 0.730. The average Bonchev–Trinajstić information content (AvgIpc) is 2.53. The van der Waals surface area contributed by atoms with Crippen molar-refractivity contribution in [1.82, 2.24) is 4.98 Å². The number of ether oxygens (including phenoxy) is 1. The number of nitrogens with zero attached hydrogens (tertiary/aromatic N) is 1. The molecule has 21 heavy (non-hydrogen) atoms. The van der Waals surface area contributed by atoms with Crippen LogP contribution < -0.4 is 0 Å². The standard InChI is InChI=1S/C17H13NO3/c1-21-17(20)15-8-9-18-16-10-12(4-7-14(15)16)11-2-5-13(19)6-3-11/h2-10,19H,1H3. The maximum atomic E-state index is 11.7. The lowest BCUT2D eigenvalue weighted by molar-refractivity contribution is 0.0603. The minimum atomic E-state index is -0.375. The number of fused-ring (bicyclic) bond motifs is 1. The van der Waals surface area contributed by atoms with E-state index in [0.29, 0.717) is 5.56 Å². The molecule has 0 spiro atoms. The molecule has 3 rings (SSSR count). The van der Waals surface area contributed by atoms with Gasteiger partial charge in [-0.2, -0.15) is 0 Å². The first kappa shape index (κ1) is 13.1. The molecule has 0 aliphatic rings. The molecule has 0 aliphatic carbocycles. The summed E-state index contributed by atoms with van der Waals surface area (Å²) in [6.07, 6.45) is 1.59. The van der Waals surface area contributed by atoms with Gasteiger partial charge in [-0.25, -0.2) is 4.79 Å². The minimum Gasteiger partial charge on any atom is -0.508 e. The second-order valence-electron chi connectivity index (χ2n) is 4.63. The maximum absolute atomic E-state index is 11.7. The molecular weight excluding hydrogens is 266 g/mol. The smallest absolute Gasteiger partial charge is 0.338 e. The number of esters is 1. The number of benzene rings is 2. The molecule has 1 N–H and O–H groups in total. The highest BCUT2D eigenvalue weighted by molar-refractivity contribution is 6.04. The molecule has 0 atom stereocenters. The summed E-state index contributed by atoms with van der Waals surface area (Å²) in [4.78, 5) is 16.0. The second-order valence-corrected chi connectivity index (χ2v) is 4.63. The van der Waals surface area contributed by atoms with Crippen molar-refractivity contribution in [1.29, 1.82) is 0 Å². The average molecular weight is 279 g/mol. The van der Waals surface area contributed by atoms with Crippen molar-refractivity contribution in [3.8, 4) is 16.9 Å². The first-order valence-corrected chi connectivity index (χ1v) is 6.45. The zero-order valence-electron chi connectivity index (χ0n) is 11.4. The van der Waals surface area contributed by atoms with Gasteiger partial charge in [-0.1, -0.05) is 24.3 Å². The molecule has 4 nitrogen and oxygen atoms in total. The lowest BCUT2D eigenvalue weighted by atomic mass is 10.0. The Morgan fingerprint density at radius 2 is 1.76 bits per heavy atom. The van der Waals surface area contributed by atoms with Crippen LogP contribution in [0.3, 0.4) is 0 Å². The van der Waals surface area contributed by atoms with Crippen LogP contribution in [0.2, 0.25) is 0 Å². The van der Waals surface area contributed by atoms with Crippen LogP contribution in [0.15, 0.2) is 54.7 Å². The SMILES string of the molecule is COC(=O)c1ccnc2cc(-c3ccc(O)cc3)ccc12. The summed E-state index contributed by atoms with van der Waals surface area (Å²) in [6, 6.07) is 14.3. The lowest BCUT2D eigenvalue weighted by Gasteiger charge is -2.07. The Bertz CT molecular complexity index is 810. The molecule has 1 aromatic heterocycles. The van der Waals surface area contributed by atoms with Gasteiger partial charge >= 0.3 is 5.97 Å². The summed E-state index contributed by atoms with van der Waals surface area (Å²) in [5, 5.41) is 10.1. The Morgan fingerprint density at radius 1 is 1.05 bits per heavy atom. The number of phenols is 1. The molecule has 0 radical (unpaired) electrons. The van der Waals surface area contributed by atoms with E-state index < -0.39 is 0 Å². The van der Waals surface area contributed by atoms with Crippen LogP contribution >= 0.6 is 0 Å². The van der Waals surface area contributed by atoms with E-state index in [1.807, 2.05) is 30.3 Å². The fraction of sp³-hybridized carbons (Fsp3) is 0.0588. The number of methoxy groups -OCH3 is 1. The largest absolute Gasteiger partial charge is 0.508 e. The third kappa shape index (κ3) is 2.43. The van der Waals surface area contributed by atoms with Gasteiger partial charge in [0, 0.05) is 11.6 Å². The molecule has 0 saturated heterocycles. The Morgan fingerprint density at radius 3 is 2.48 bits per heavy atom. The molecule has 1 heterocycles. The van der Waals surface area contributed by atoms with Crippen LogP contribution in [0.4, 0.5) is 0 Å². The van der Waals surface area contributed by atoms with E-state index in [0.717, 1.165) is 22.0 Å². The molecule has 0 amide bonds. The Balaban J connectivity index is 2.13. The predicted octanol–water partition coefficient (Wildman–Crippen LogP) is 3.39. The normalized spacial score (nSPS) is 10.5. The Hall–Kier alpha value is -2.88. The van der Waals surface area contributed by atoms with Crippen molar-refractivity contribution in [3.05, 3.63) is 60.3 Å². The molecule has 3 aromatic rings. The van der Waals surface area contributed by atoms with Gasteiger partial charge < -0.3 is 9.84 Å². The van der Waals surface area contributed by atoms with E-state index in [9.17, 15) is 9.90 Å². The molecule has 0 unspecified atom stereocenters. The van der Waals surface area contributed by atoms with Crippen LogP contribution in [0.1, 0.15) is 10.4 Å². The maximum Gasteiger partial charge on any atom is 0.338 e.